The Kier molecular flexibility index (Phi) is 4.76. The summed E-state index contributed by atoms with van der Waals surface area (Å²) in [6.07, 6.45) is 3.49. The minimum absolute atomic E-state index is 0.0348. The van der Waals surface area contributed by atoms with Crippen LogP contribution >= 0.6 is 0 Å². The summed E-state index contributed by atoms with van der Waals surface area (Å²) in [7, 11) is 1.87. The zero-order valence-electron chi connectivity index (χ0n) is 9.10. The zero-order chi connectivity index (χ0) is 11.1. The van der Waals surface area contributed by atoms with Crippen molar-refractivity contribution in [3.8, 4) is 0 Å². The third kappa shape index (κ3) is 4.55. The molecule has 1 amide bonds. The smallest absolute Gasteiger partial charge is 0.221 e. The number of hydrogen-bond acceptors (Lipinski definition) is 4. The Morgan fingerprint density at radius 2 is 2.40 bits per heavy atom. The highest BCUT2D eigenvalue weighted by atomic mass is 16.1. The van der Waals surface area contributed by atoms with Crippen LogP contribution in [0.3, 0.4) is 0 Å². The van der Waals surface area contributed by atoms with E-state index in [4.69, 9.17) is 0 Å². The molecule has 0 aliphatic rings. The van der Waals surface area contributed by atoms with Gasteiger partial charge >= 0.3 is 0 Å². The molecule has 1 aromatic rings. The second-order valence-electron chi connectivity index (χ2n) is 3.40. The highest BCUT2D eigenvalue weighted by Gasteiger charge is 2.03. The summed E-state index contributed by atoms with van der Waals surface area (Å²) in [6.45, 7) is 3.23. The first kappa shape index (κ1) is 11.6. The summed E-state index contributed by atoms with van der Waals surface area (Å²) in [5.41, 5.74) is 0. The van der Waals surface area contributed by atoms with Gasteiger partial charge < -0.3 is 10.6 Å². The monoisotopic (exact) mass is 211 g/mol. The minimum Gasteiger partial charge on any atom is -0.354 e. The van der Waals surface area contributed by atoms with E-state index in [-0.39, 0.29) is 5.91 Å². The van der Waals surface area contributed by atoms with Crippen molar-refractivity contribution in [2.24, 2.45) is 0 Å². The molecule has 1 aromatic heterocycles. The fourth-order valence-corrected chi connectivity index (χ4v) is 1.02. The number of carbonyl (C=O) groups is 1. The van der Waals surface area contributed by atoms with Crippen molar-refractivity contribution in [2.75, 3.05) is 13.6 Å². The quantitative estimate of drug-likeness (QED) is 0.658. The lowest BCUT2D eigenvalue weighted by Gasteiger charge is -2.11. The topological polar surface area (TPSA) is 71.8 Å². The Balaban J connectivity index is 2.14. The van der Waals surface area contributed by atoms with Gasteiger partial charge in [-0.05, 0) is 14.0 Å². The van der Waals surface area contributed by atoms with Crippen LogP contribution in [-0.2, 0) is 11.3 Å². The number of amides is 1. The lowest BCUT2D eigenvalue weighted by Crippen LogP contribution is -2.37. The summed E-state index contributed by atoms with van der Waals surface area (Å²) >= 11 is 0. The van der Waals surface area contributed by atoms with Crippen molar-refractivity contribution < 1.29 is 4.79 Å². The van der Waals surface area contributed by atoms with Gasteiger partial charge in [0.2, 0.25) is 5.91 Å². The van der Waals surface area contributed by atoms with Gasteiger partial charge in [0.25, 0.3) is 0 Å². The number of aryl methyl sites for hydroxylation is 1. The van der Waals surface area contributed by atoms with Crippen molar-refractivity contribution >= 4 is 5.91 Å². The number of carbonyl (C=O) groups excluding carboxylic acids is 1. The molecule has 1 atom stereocenters. The van der Waals surface area contributed by atoms with Crippen molar-refractivity contribution in [1.29, 1.82) is 0 Å². The Morgan fingerprint density at radius 1 is 1.60 bits per heavy atom. The zero-order valence-corrected chi connectivity index (χ0v) is 9.10. The van der Waals surface area contributed by atoms with Gasteiger partial charge in [0, 0.05) is 19.0 Å². The van der Waals surface area contributed by atoms with Crippen LogP contribution in [0.15, 0.2) is 12.7 Å². The fraction of sp³-hybridized carbons (Fsp3) is 0.667. The van der Waals surface area contributed by atoms with Crippen LogP contribution in [0.4, 0.5) is 0 Å². The summed E-state index contributed by atoms with van der Waals surface area (Å²) < 4.78 is 1.64. The number of likely N-dealkylation sites (N-methyl/N-ethyl adjacent to an activating group) is 1. The second-order valence-corrected chi connectivity index (χ2v) is 3.40. The minimum atomic E-state index is 0.0348. The third-order valence-corrected chi connectivity index (χ3v) is 2.13. The molecule has 0 saturated carbocycles. The standard InChI is InChI=1S/C9H17N5O/c1-8(10-2)5-12-9(15)3-4-14-7-11-6-13-14/h6-8,10H,3-5H2,1-2H3,(H,12,15). The van der Waals surface area contributed by atoms with Gasteiger partial charge in [-0.3, -0.25) is 9.48 Å². The predicted octanol–water partition coefficient (Wildman–Crippen LogP) is -0.608. The molecule has 0 aliphatic heterocycles. The van der Waals surface area contributed by atoms with Gasteiger partial charge in [-0.25, -0.2) is 4.98 Å². The lowest BCUT2D eigenvalue weighted by atomic mass is 10.3. The molecule has 1 heterocycles. The van der Waals surface area contributed by atoms with Gasteiger partial charge in [-0.15, -0.1) is 0 Å². The van der Waals surface area contributed by atoms with Crippen LogP contribution in [0.5, 0.6) is 0 Å². The van der Waals surface area contributed by atoms with E-state index in [9.17, 15) is 4.79 Å². The van der Waals surface area contributed by atoms with Crippen LogP contribution in [0.25, 0.3) is 0 Å². The summed E-state index contributed by atoms with van der Waals surface area (Å²) in [6, 6.07) is 0.292. The average molecular weight is 211 g/mol. The van der Waals surface area contributed by atoms with E-state index in [1.165, 1.54) is 6.33 Å². The molecule has 0 radical (unpaired) electrons. The molecule has 0 spiro atoms. The van der Waals surface area contributed by atoms with Crippen LogP contribution < -0.4 is 10.6 Å². The van der Waals surface area contributed by atoms with Gasteiger partial charge in [-0.1, -0.05) is 0 Å². The van der Waals surface area contributed by atoms with E-state index in [1.54, 1.807) is 11.0 Å². The first-order valence-corrected chi connectivity index (χ1v) is 4.98. The Labute approximate surface area is 89.1 Å². The van der Waals surface area contributed by atoms with Crippen molar-refractivity contribution in [1.82, 2.24) is 25.4 Å². The van der Waals surface area contributed by atoms with Crippen LogP contribution in [-0.4, -0.2) is 40.3 Å². The van der Waals surface area contributed by atoms with Gasteiger partial charge in [0.1, 0.15) is 12.7 Å². The molecule has 1 rings (SSSR count). The first-order valence-electron chi connectivity index (χ1n) is 4.98. The summed E-state index contributed by atoms with van der Waals surface area (Å²) in [4.78, 5) is 15.2. The Morgan fingerprint density at radius 3 is 3.00 bits per heavy atom. The molecule has 0 bridgehead atoms. The fourth-order valence-electron chi connectivity index (χ4n) is 1.02. The van der Waals surface area contributed by atoms with Gasteiger partial charge in [-0.2, -0.15) is 5.10 Å². The molecule has 0 fully saturated rings. The highest BCUT2D eigenvalue weighted by molar-refractivity contribution is 5.75. The van der Waals surface area contributed by atoms with Gasteiger partial charge in [0.05, 0.1) is 6.54 Å². The second kappa shape index (κ2) is 6.13. The molecule has 0 aliphatic carbocycles. The summed E-state index contributed by atoms with van der Waals surface area (Å²) in [5.74, 6) is 0.0348. The van der Waals surface area contributed by atoms with E-state index >= 15 is 0 Å². The molecule has 0 saturated heterocycles. The first-order chi connectivity index (χ1) is 7.22. The maximum absolute atomic E-state index is 11.4. The lowest BCUT2D eigenvalue weighted by molar-refractivity contribution is -0.121. The maximum atomic E-state index is 11.4. The number of nitrogens with one attached hydrogen (secondary N) is 2. The van der Waals surface area contributed by atoms with Gasteiger partial charge in [0.15, 0.2) is 0 Å². The van der Waals surface area contributed by atoms with Crippen LogP contribution in [0.2, 0.25) is 0 Å². The van der Waals surface area contributed by atoms with E-state index in [0.29, 0.717) is 25.6 Å². The summed E-state index contributed by atoms with van der Waals surface area (Å²) in [5, 5.41) is 9.79. The Bertz CT molecular complexity index is 285. The predicted molar refractivity (Wildman–Crippen MR) is 56.2 cm³/mol. The van der Waals surface area contributed by atoms with E-state index in [1.807, 2.05) is 14.0 Å². The van der Waals surface area contributed by atoms with Crippen molar-refractivity contribution in [2.45, 2.75) is 25.9 Å². The maximum Gasteiger partial charge on any atom is 0.221 e. The molecule has 1 unspecified atom stereocenters. The molecule has 6 heteroatoms. The molecule has 15 heavy (non-hydrogen) atoms. The SMILES string of the molecule is CNC(C)CNC(=O)CCn1cncn1. The molecule has 84 valence electrons. The highest BCUT2D eigenvalue weighted by Crippen LogP contribution is 1.87. The molecule has 2 N–H and O–H groups in total. The van der Waals surface area contributed by atoms with Crippen molar-refractivity contribution in [3.05, 3.63) is 12.7 Å². The largest absolute Gasteiger partial charge is 0.354 e. The third-order valence-electron chi connectivity index (χ3n) is 2.13. The number of aromatic nitrogens is 3. The van der Waals surface area contributed by atoms with E-state index in [2.05, 4.69) is 20.7 Å². The van der Waals surface area contributed by atoms with Crippen LogP contribution in [0.1, 0.15) is 13.3 Å². The van der Waals surface area contributed by atoms with Crippen LogP contribution in [0, 0.1) is 0 Å². The molecular weight excluding hydrogens is 194 g/mol. The number of rotatable bonds is 6. The average Bonchev–Trinajstić information content (AvgIpc) is 2.75. The van der Waals surface area contributed by atoms with E-state index in [0.717, 1.165) is 0 Å². The normalized spacial score (nSPS) is 12.4. The molecule has 0 aromatic carbocycles. The number of hydrogen-bond donors (Lipinski definition) is 2. The molecular formula is C9H17N5O. The Hall–Kier alpha value is -1.43. The van der Waals surface area contributed by atoms with E-state index < -0.39 is 0 Å². The number of nitrogens with zero attached hydrogens (tertiary/aromatic N) is 3. The molecule has 6 nitrogen and oxygen atoms in total. The van der Waals surface area contributed by atoms with Crippen molar-refractivity contribution in [3.63, 3.8) is 0 Å².